The number of carboxylic acid groups (broad SMARTS) is 1. The van der Waals surface area contributed by atoms with Crippen molar-refractivity contribution in [3.05, 3.63) is 35.5 Å². The molecule has 1 aromatic carbocycles. The highest BCUT2D eigenvalue weighted by Crippen LogP contribution is 2.21. The van der Waals surface area contributed by atoms with Gasteiger partial charge in [-0.15, -0.1) is 0 Å². The first kappa shape index (κ1) is 16.0. The summed E-state index contributed by atoms with van der Waals surface area (Å²) in [5, 5.41) is 9.70. The molecule has 0 radical (unpaired) electrons. The number of benzene rings is 1. The van der Waals surface area contributed by atoms with Crippen molar-refractivity contribution in [2.45, 2.75) is 32.2 Å². The van der Waals surface area contributed by atoms with Gasteiger partial charge in [0.1, 0.15) is 6.04 Å². The maximum atomic E-state index is 12.0. The van der Waals surface area contributed by atoms with E-state index >= 15 is 0 Å². The van der Waals surface area contributed by atoms with Crippen LogP contribution < -0.4 is 5.73 Å². The number of fused-ring (bicyclic) bond motifs is 1. The smallest absolute Gasteiger partial charge is 0.338 e. The van der Waals surface area contributed by atoms with Crippen molar-refractivity contribution in [1.29, 1.82) is 0 Å². The van der Waals surface area contributed by atoms with Crippen LogP contribution in [-0.4, -0.2) is 34.7 Å². The highest BCUT2D eigenvalue weighted by molar-refractivity contribution is 5.95. The van der Waals surface area contributed by atoms with E-state index < -0.39 is 12.0 Å². The van der Waals surface area contributed by atoms with Crippen LogP contribution in [0.4, 0.5) is 0 Å². The van der Waals surface area contributed by atoms with E-state index in [1.165, 1.54) is 0 Å². The number of ether oxygens (including phenoxy) is 1. The Morgan fingerprint density at radius 2 is 2.18 bits per heavy atom. The quantitative estimate of drug-likeness (QED) is 0.536. The van der Waals surface area contributed by atoms with Gasteiger partial charge in [-0.1, -0.05) is 13.3 Å². The summed E-state index contributed by atoms with van der Waals surface area (Å²) < 4.78 is 5.19. The molecule has 1 atom stereocenters. The number of aromatic amines is 1. The summed E-state index contributed by atoms with van der Waals surface area (Å²) in [6, 6.07) is 4.21. The van der Waals surface area contributed by atoms with Crippen LogP contribution >= 0.6 is 0 Å². The molecule has 0 amide bonds. The number of esters is 1. The van der Waals surface area contributed by atoms with Crippen molar-refractivity contribution in [3.8, 4) is 0 Å². The van der Waals surface area contributed by atoms with Gasteiger partial charge in [0.15, 0.2) is 0 Å². The minimum absolute atomic E-state index is 0.198. The number of H-pyrrole nitrogens is 1. The molecule has 22 heavy (non-hydrogen) atoms. The summed E-state index contributed by atoms with van der Waals surface area (Å²) in [6.07, 6.45) is 3.71. The molecule has 0 spiro atoms. The Balaban J connectivity index is 2.21. The van der Waals surface area contributed by atoms with Crippen LogP contribution in [0, 0.1) is 0 Å². The SMILES string of the molecule is CCCCOC(=O)c1ccc2[nH]cc(C[C@H](N)C(=O)O)c2c1. The molecule has 6 nitrogen and oxygen atoms in total. The van der Waals surface area contributed by atoms with Gasteiger partial charge in [0.2, 0.25) is 0 Å². The fraction of sp³-hybridized carbons (Fsp3) is 0.375. The van der Waals surface area contributed by atoms with Crippen molar-refractivity contribution in [2.75, 3.05) is 6.61 Å². The number of unbranched alkanes of at least 4 members (excludes halogenated alkanes) is 1. The molecule has 2 aromatic rings. The van der Waals surface area contributed by atoms with E-state index in [4.69, 9.17) is 15.6 Å². The fourth-order valence-electron chi connectivity index (χ4n) is 2.19. The summed E-state index contributed by atoms with van der Waals surface area (Å²) in [5.41, 5.74) is 7.63. The number of carbonyl (C=O) groups is 2. The zero-order chi connectivity index (χ0) is 16.1. The van der Waals surface area contributed by atoms with Gasteiger partial charge in [0.05, 0.1) is 12.2 Å². The molecule has 0 unspecified atom stereocenters. The van der Waals surface area contributed by atoms with Crippen LogP contribution in [0.15, 0.2) is 24.4 Å². The Morgan fingerprint density at radius 1 is 1.41 bits per heavy atom. The van der Waals surface area contributed by atoms with Crippen LogP contribution in [0.5, 0.6) is 0 Å². The highest BCUT2D eigenvalue weighted by Gasteiger charge is 2.16. The molecular formula is C16H20N2O4. The first-order chi connectivity index (χ1) is 10.5. The summed E-state index contributed by atoms with van der Waals surface area (Å²) in [7, 11) is 0. The average molecular weight is 304 g/mol. The molecule has 4 N–H and O–H groups in total. The Kier molecular flexibility index (Phi) is 5.16. The lowest BCUT2D eigenvalue weighted by molar-refractivity contribution is -0.138. The van der Waals surface area contributed by atoms with Crippen LogP contribution in [0.3, 0.4) is 0 Å². The molecule has 0 aliphatic rings. The van der Waals surface area contributed by atoms with Gasteiger partial charge in [-0.05, 0) is 30.2 Å². The summed E-state index contributed by atoms with van der Waals surface area (Å²) in [5.74, 6) is -1.42. The largest absolute Gasteiger partial charge is 0.480 e. The number of carbonyl (C=O) groups excluding carboxylic acids is 1. The molecule has 0 aliphatic carbocycles. The van der Waals surface area contributed by atoms with Gasteiger partial charge < -0.3 is 20.6 Å². The number of hydrogen-bond donors (Lipinski definition) is 3. The molecule has 0 fully saturated rings. The second-order valence-electron chi connectivity index (χ2n) is 5.21. The van der Waals surface area contributed by atoms with Crippen LogP contribution in [0.2, 0.25) is 0 Å². The number of rotatable bonds is 7. The van der Waals surface area contributed by atoms with Gasteiger partial charge in [0.25, 0.3) is 0 Å². The minimum Gasteiger partial charge on any atom is -0.480 e. The number of carboxylic acids is 1. The Bertz CT molecular complexity index is 678. The molecule has 1 aromatic heterocycles. The average Bonchev–Trinajstić information content (AvgIpc) is 2.89. The molecular weight excluding hydrogens is 284 g/mol. The lowest BCUT2D eigenvalue weighted by Gasteiger charge is -2.06. The molecule has 2 rings (SSSR count). The predicted octanol–water partition coefficient (Wildman–Crippen LogP) is 2.08. The Hall–Kier alpha value is -2.34. The molecule has 0 saturated heterocycles. The van der Waals surface area contributed by atoms with Gasteiger partial charge in [-0.25, -0.2) is 4.79 Å². The zero-order valence-electron chi connectivity index (χ0n) is 12.5. The third-order valence-electron chi connectivity index (χ3n) is 3.49. The maximum Gasteiger partial charge on any atom is 0.338 e. The summed E-state index contributed by atoms with van der Waals surface area (Å²) in [6.45, 7) is 2.43. The van der Waals surface area contributed by atoms with E-state index in [0.29, 0.717) is 12.2 Å². The first-order valence-electron chi connectivity index (χ1n) is 7.28. The third kappa shape index (κ3) is 3.65. The van der Waals surface area contributed by atoms with Crippen molar-refractivity contribution in [2.24, 2.45) is 5.73 Å². The minimum atomic E-state index is -1.05. The van der Waals surface area contributed by atoms with Crippen LogP contribution in [-0.2, 0) is 16.0 Å². The molecule has 6 heteroatoms. The highest BCUT2D eigenvalue weighted by atomic mass is 16.5. The van der Waals surface area contributed by atoms with E-state index in [-0.39, 0.29) is 12.4 Å². The fourth-order valence-corrected chi connectivity index (χ4v) is 2.19. The Morgan fingerprint density at radius 3 is 2.86 bits per heavy atom. The zero-order valence-corrected chi connectivity index (χ0v) is 12.5. The van der Waals surface area contributed by atoms with Crippen LogP contribution in [0.1, 0.15) is 35.7 Å². The second-order valence-corrected chi connectivity index (χ2v) is 5.21. The van der Waals surface area contributed by atoms with Crippen LogP contribution in [0.25, 0.3) is 10.9 Å². The molecule has 0 aliphatic heterocycles. The number of nitrogens with one attached hydrogen (secondary N) is 1. The van der Waals surface area contributed by atoms with Gasteiger partial charge in [-0.2, -0.15) is 0 Å². The first-order valence-corrected chi connectivity index (χ1v) is 7.28. The summed E-state index contributed by atoms with van der Waals surface area (Å²) >= 11 is 0. The Labute approximate surface area is 128 Å². The van der Waals surface area contributed by atoms with Crippen molar-refractivity contribution in [3.63, 3.8) is 0 Å². The van der Waals surface area contributed by atoms with E-state index in [1.807, 2.05) is 6.92 Å². The topological polar surface area (TPSA) is 105 Å². The lowest BCUT2D eigenvalue weighted by Crippen LogP contribution is -2.32. The van der Waals surface area contributed by atoms with Crippen molar-refractivity contribution >= 4 is 22.8 Å². The number of hydrogen-bond acceptors (Lipinski definition) is 4. The lowest BCUT2D eigenvalue weighted by atomic mass is 10.0. The maximum absolute atomic E-state index is 12.0. The normalized spacial score (nSPS) is 12.3. The monoisotopic (exact) mass is 304 g/mol. The molecule has 0 bridgehead atoms. The molecule has 1 heterocycles. The van der Waals surface area contributed by atoms with Crippen molar-refractivity contribution in [1.82, 2.24) is 4.98 Å². The van der Waals surface area contributed by atoms with E-state index in [0.717, 1.165) is 29.3 Å². The predicted molar refractivity (Wildman–Crippen MR) is 82.8 cm³/mol. The van der Waals surface area contributed by atoms with Gasteiger partial charge in [0, 0.05) is 23.5 Å². The van der Waals surface area contributed by atoms with E-state index in [1.54, 1.807) is 24.4 Å². The number of aromatic nitrogens is 1. The van der Waals surface area contributed by atoms with Gasteiger partial charge in [-0.3, -0.25) is 4.79 Å². The van der Waals surface area contributed by atoms with Crippen molar-refractivity contribution < 1.29 is 19.4 Å². The number of aliphatic carboxylic acids is 1. The van der Waals surface area contributed by atoms with E-state index in [9.17, 15) is 9.59 Å². The standard InChI is InChI=1S/C16H20N2O4/c1-2-3-6-22-16(21)10-4-5-14-12(7-10)11(9-18-14)8-13(17)15(19)20/h4-5,7,9,13,18H,2-3,6,8,17H2,1H3,(H,19,20)/t13-/m0/s1. The molecule has 0 saturated carbocycles. The third-order valence-corrected chi connectivity index (χ3v) is 3.49. The number of nitrogens with two attached hydrogens (primary N) is 1. The molecule has 118 valence electrons. The summed E-state index contributed by atoms with van der Waals surface area (Å²) in [4.78, 5) is 25.9. The second kappa shape index (κ2) is 7.09. The van der Waals surface area contributed by atoms with E-state index in [2.05, 4.69) is 4.98 Å². The van der Waals surface area contributed by atoms with Gasteiger partial charge >= 0.3 is 11.9 Å².